The first-order chi connectivity index (χ1) is 9.33. The van der Waals surface area contributed by atoms with E-state index < -0.39 is 0 Å². The molecule has 1 aliphatic heterocycles. The van der Waals surface area contributed by atoms with Gasteiger partial charge < -0.3 is 4.74 Å². The van der Waals surface area contributed by atoms with Gasteiger partial charge in [-0.25, -0.2) is 0 Å². The highest BCUT2D eigenvalue weighted by molar-refractivity contribution is 5.96. The number of Topliss-reactive ketones (excluding diaryl/α,β-unsaturated/α-hetero) is 1. The zero-order chi connectivity index (χ0) is 13.1. The highest BCUT2D eigenvalue weighted by atomic mass is 16.5. The maximum atomic E-state index is 12.2. The van der Waals surface area contributed by atoms with E-state index in [1.54, 1.807) is 0 Å². The molecule has 19 heavy (non-hydrogen) atoms. The number of carbonyl (C=O) groups is 1. The van der Waals surface area contributed by atoms with E-state index in [1.165, 1.54) is 36.8 Å². The number of ketones is 1. The summed E-state index contributed by atoms with van der Waals surface area (Å²) in [6.45, 7) is 0.906. The summed E-state index contributed by atoms with van der Waals surface area (Å²) in [5.74, 6) is 0.299. The summed E-state index contributed by atoms with van der Waals surface area (Å²) in [4.78, 5) is 12.2. The Bertz CT molecular complexity index is 458. The molecule has 3 rings (SSSR count). The van der Waals surface area contributed by atoms with Gasteiger partial charge in [-0.3, -0.25) is 4.79 Å². The van der Waals surface area contributed by atoms with Gasteiger partial charge in [0.2, 0.25) is 0 Å². The minimum atomic E-state index is 0.299. The largest absolute Gasteiger partial charge is 0.378 e. The number of hydrogen-bond donors (Lipinski definition) is 0. The third kappa shape index (κ3) is 3.06. The quantitative estimate of drug-likeness (QED) is 0.753. The van der Waals surface area contributed by atoms with Gasteiger partial charge in [0.25, 0.3) is 0 Å². The lowest BCUT2D eigenvalue weighted by molar-refractivity contribution is 0.0922. The van der Waals surface area contributed by atoms with Crippen molar-refractivity contribution in [2.24, 2.45) is 0 Å². The minimum absolute atomic E-state index is 0.299. The zero-order valence-corrected chi connectivity index (χ0v) is 11.5. The van der Waals surface area contributed by atoms with Gasteiger partial charge in [-0.1, -0.05) is 12.1 Å². The number of aryl methyl sites for hydroxylation is 2. The van der Waals surface area contributed by atoms with E-state index in [-0.39, 0.29) is 0 Å². The molecule has 2 heteroatoms. The topological polar surface area (TPSA) is 26.3 Å². The van der Waals surface area contributed by atoms with Crippen molar-refractivity contribution in [1.29, 1.82) is 0 Å². The maximum absolute atomic E-state index is 12.2. The third-order valence-electron chi connectivity index (χ3n) is 4.37. The second-order valence-electron chi connectivity index (χ2n) is 5.79. The molecule has 0 saturated carbocycles. The summed E-state index contributed by atoms with van der Waals surface area (Å²) in [5.41, 5.74) is 3.74. The molecule has 1 aromatic rings. The average molecular weight is 258 g/mol. The highest BCUT2D eigenvalue weighted by Crippen LogP contribution is 2.24. The van der Waals surface area contributed by atoms with Crippen molar-refractivity contribution in [2.45, 2.75) is 57.5 Å². The monoisotopic (exact) mass is 258 g/mol. The lowest BCUT2D eigenvalue weighted by Crippen LogP contribution is -2.06. The number of benzene rings is 1. The summed E-state index contributed by atoms with van der Waals surface area (Å²) in [7, 11) is 0. The van der Waals surface area contributed by atoms with Crippen LogP contribution in [0, 0.1) is 0 Å². The van der Waals surface area contributed by atoms with E-state index in [1.807, 2.05) is 6.07 Å². The molecule has 1 saturated heterocycles. The molecule has 102 valence electrons. The van der Waals surface area contributed by atoms with Crippen LogP contribution in [0.25, 0.3) is 0 Å². The highest BCUT2D eigenvalue weighted by Gasteiger charge is 2.17. The number of ether oxygens (including phenoxy) is 1. The van der Waals surface area contributed by atoms with E-state index >= 15 is 0 Å². The maximum Gasteiger partial charge on any atom is 0.162 e. The van der Waals surface area contributed by atoms with Crippen LogP contribution in [-0.2, 0) is 17.6 Å². The van der Waals surface area contributed by atoms with Gasteiger partial charge in [0.15, 0.2) is 5.78 Å². The second kappa shape index (κ2) is 5.87. The number of fused-ring (bicyclic) bond motifs is 1. The SMILES string of the molecule is O=C(CCCC1CCCO1)c1ccc2c(c1)CCC2. The van der Waals surface area contributed by atoms with Crippen LogP contribution in [0.15, 0.2) is 18.2 Å². The molecule has 0 bridgehead atoms. The van der Waals surface area contributed by atoms with E-state index in [0.717, 1.165) is 31.4 Å². The first kappa shape index (κ1) is 12.9. The van der Waals surface area contributed by atoms with Gasteiger partial charge in [0.05, 0.1) is 6.10 Å². The molecule has 0 amide bonds. The Labute approximate surface area is 115 Å². The Morgan fingerprint density at radius 1 is 1.21 bits per heavy atom. The van der Waals surface area contributed by atoms with Crippen LogP contribution in [0.2, 0.25) is 0 Å². The van der Waals surface area contributed by atoms with Crippen molar-refractivity contribution in [2.75, 3.05) is 6.61 Å². The molecule has 1 aromatic carbocycles. The molecule has 0 spiro atoms. The molecule has 1 atom stereocenters. The molecular formula is C17H22O2. The van der Waals surface area contributed by atoms with Crippen LogP contribution in [-0.4, -0.2) is 18.5 Å². The predicted octanol–water partition coefficient (Wildman–Crippen LogP) is 3.71. The van der Waals surface area contributed by atoms with Crippen molar-refractivity contribution >= 4 is 5.78 Å². The van der Waals surface area contributed by atoms with Gasteiger partial charge in [-0.15, -0.1) is 0 Å². The van der Waals surface area contributed by atoms with Gasteiger partial charge >= 0.3 is 0 Å². The zero-order valence-electron chi connectivity index (χ0n) is 11.5. The van der Waals surface area contributed by atoms with Crippen LogP contribution in [0.3, 0.4) is 0 Å². The van der Waals surface area contributed by atoms with Crippen LogP contribution < -0.4 is 0 Å². The fourth-order valence-electron chi connectivity index (χ4n) is 3.25. The average Bonchev–Trinajstić information content (AvgIpc) is 3.08. The molecule has 0 aromatic heterocycles. The first-order valence-electron chi connectivity index (χ1n) is 7.59. The smallest absolute Gasteiger partial charge is 0.162 e. The molecule has 1 fully saturated rings. The Morgan fingerprint density at radius 3 is 2.95 bits per heavy atom. The van der Waals surface area contributed by atoms with Crippen LogP contribution in [0.1, 0.15) is 60.0 Å². The number of hydrogen-bond acceptors (Lipinski definition) is 2. The third-order valence-corrected chi connectivity index (χ3v) is 4.37. The molecule has 1 unspecified atom stereocenters. The van der Waals surface area contributed by atoms with Gasteiger partial charge in [0, 0.05) is 18.6 Å². The van der Waals surface area contributed by atoms with E-state index in [2.05, 4.69) is 12.1 Å². The van der Waals surface area contributed by atoms with E-state index in [0.29, 0.717) is 18.3 Å². The predicted molar refractivity (Wildman–Crippen MR) is 75.6 cm³/mol. The van der Waals surface area contributed by atoms with Crippen LogP contribution in [0.4, 0.5) is 0 Å². The lowest BCUT2D eigenvalue weighted by atomic mass is 9.99. The lowest BCUT2D eigenvalue weighted by Gasteiger charge is -2.08. The molecule has 2 nitrogen and oxygen atoms in total. The molecule has 1 aliphatic carbocycles. The summed E-state index contributed by atoms with van der Waals surface area (Å²) >= 11 is 0. The van der Waals surface area contributed by atoms with Crippen molar-refractivity contribution in [1.82, 2.24) is 0 Å². The van der Waals surface area contributed by atoms with E-state index in [9.17, 15) is 4.79 Å². The fraction of sp³-hybridized carbons (Fsp3) is 0.588. The first-order valence-corrected chi connectivity index (χ1v) is 7.59. The standard InChI is InChI=1S/C17H22O2/c18-17(8-2-6-16-7-3-11-19-16)15-10-9-13-4-1-5-14(13)12-15/h9-10,12,16H,1-8,11H2. The number of rotatable bonds is 5. The minimum Gasteiger partial charge on any atom is -0.378 e. The molecule has 1 heterocycles. The van der Waals surface area contributed by atoms with Crippen molar-refractivity contribution in [3.05, 3.63) is 34.9 Å². The molecular weight excluding hydrogens is 236 g/mol. The van der Waals surface area contributed by atoms with Crippen molar-refractivity contribution < 1.29 is 9.53 Å². The van der Waals surface area contributed by atoms with Crippen LogP contribution in [0.5, 0.6) is 0 Å². The Kier molecular flexibility index (Phi) is 3.97. The Hall–Kier alpha value is -1.15. The van der Waals surface area contributed by atoms with Gasteiger partial charge in [0.1, 0.15) is 0 Å². The number of carbonyl (C=O) groups excluding carboxylic acids is 1. The summed E-state index contributed by atoms with van der Waals surface area (Å²) in [6.07, 6.45) is 9.00. The van der Waals surface area contributed by atoms with Gasteiger partial charge in [-0.2, -0.15) is 0 Å². The fourth-order valence-corrected chi connectivity index (χ4v) is 3.25. The normalized spacial score (nSPS) is 21.6. The van der Waals surface area contributed by atoms with Crippen LogP contribution >= 0.6 is 0 Å². The summed E-state index contributed by atoms with van der Waals surface area (Å²) in [6, 6.07) is 6.28. The summed E-state index contributed by atoms with van der Waals surface area (Å²) in [5, 5.41) is 0. The summed E-state index contributed by atoms with van der Waals surface area (Å²) < 4.78 is 5.59. The molecule has 2 aliphatic rings. The Balaban J connectivity index is 1.52. The van der Waals surface area contributed by atoms with Crippen molar-refractivity contribution in [3.63, 3.8) is 0 Å². The van der Waals surface area contributed by atoms with Crippen molar-refractivity contribution in [3.8, 4) is 0 Å². The molecule has 0 radical (unpaired) electrons. The van der Waals surface area contributed by atoms with Gasteiger partial charge in [-0.05, 0) is 62.1 Å². The Morgan fingerprint density at radius 2 is 2.11 bits per heavy atom. The van der Waals surface area contributed by atoms with E-state index in [4.69, 9.17) is 4.74 Å². The molecule has 0 N–H and O–H groups in total. The second-order valence-corrected chi connectivity index (χ2v) is 5.79.